The smallest absolute Gasteiger partial charge is 0.259 e. The van der Waals surface area contributed by atoms with Gasteiger partial charge in [-0.1, -0.05) is 55.8 Å². The predicted molar refractivity (Wildman–Crippen MR) is 114 cm³/mol. The van der Waals surface area contributed by atoms with Crippen LogP contribution in [-0.4, -0.2) is 17.1 Å². The lowest BCUT2D eigenvalue weighted by atomic mass is 10.1. The van der Waals surface area contributed by atoms with E-state index in [1.54, 1.807) is 12.1 Å². The first-order valence-electron chi connectivity index (χ1n) is 9.26. The summed E-state index contributed by atoms with van der Waals surface area (Å²) in [6.07, 6.45) is 6.06. The lowest BCUT2D eigenvalue weighted by Gasteiger charge is -2.16. The summed E-state index contributed by atoms with van der Waals surface area (Å²) in [6, 6.07) is 10.1. The standard InChI is InChI=1S/C21H26Cl2N2O2/c1-3-4-5-6-7-14(2)24-16-9-10-19(18(23)13-16)25-21(27)17-12-15(22)8-11-20(17)26/h8-14,24,26H,3-7H2,1-2H3,(H,25,27). The van der Waals surface area contributed by atoms with Crippen LogP contribution in [0.15, 0.2) is 36.4 Å². The number of anilines is 2. The Hall–Kier alpha value is -1.91. The number of unbranched alkanes of at least 4 members (excludes halogenated alkanes) is 3. The zero-order chi connectivity index (χ0) is 19.8. The van der Waals surface area contributed by atoms with Gasteiger partial charge in [-0.2, -0.15) is 0 Å². The molecule has 0 saturated heterocycles. The number of aromatic hydroxyl groups is 1. The first-order chi connectivity index (χ1) is 12.9. The molecule has 1 unspecified atom stereocenters. The Labute approximate surface area is 170 Å². The van der Waals surface area contributed by atoms with Gasteiger partial charge in [0, 0.05) is 16.8 Å². The number of carbonyl (C=O) groups is 1. The Morgan fingerprint density at radius 2 is 1.89 bits per heavy atom. The molecule has 0 aliphatic carbocycles. The van der Waals surface area contributed by atoms with Gasteiger partial charge in [0.1, 0.15) is 5.75 Å². The number of carbonyl (C=O) groups excluding carboxylic acids is 1. The van der Waals surface area contributed by atoms with Crippen molar-refractivity contribution in [2.75, 3.05) is 10.6 Å². The van der Waals surface area contributed by atoms with Gasteiger partial charge in [0.25, 0.3) is 5.91 Å². The average molecular weight is 409 g/mol. The van der Waals surface area contributed by atoms with E-state index >= 15 is 0 Å². The van der Waals surface area contributed by atoms with Gasteiger partial charge in [-0.3, -0.25) is 4.79 Å². The summed E-state index contributed by atoms with van der Waals surface area (Å²) in [5, 5.41) is 16.8. The maximum absolute atomic E-state index is 12.4. The molecule has 0 aliphatic heterocycles. The van der Waals surface area contributed by atoms with Gasteiger partial charge in [0.15, 0.2) is 0 Å². The SMILES string of the molecule is CCCCCCC(C)Nc1ccc(NC(=O)c2cc(Cl)ccc2O)c(Cl)c1. The number of phenolic OH excluding ortho intramolecular Hbond substituents is 1. The molecule has 0 bridgehead atoms. The predicted octanol–water partition coefficient (Wildman–Crippen LogP) is 6.72. The van der Waals surface area contributed by atoms with Crippen molar-refractivity contribution in [3.63, 3.8) is 0 Å². The monoisotopic (exact) mass is 408 g/mol. The summed E-state index contributed by atoms with van der Waals surface area (Å²) in [5.74, 6) is -0.606. The fraction of sp³-hybridized carbons (Fsp3) is 0.381. The van der Waals surface area contributed by atoms with Crippen molar-refractivity contribution in [3.8, 4) is 5.75 Å². The Morgan fingerprint density at radius 3 is 2.59 bits per heavy atom. The highest BCUT2D eigenvalue weighted by Crippen LogP contribution is 2.28. The topological polar surface area (TPSA) is 61.4 Å². The molecule has 6 heteroatoms. The molecule has 27 heavy (non-hydrogen) atoms. The molecule has 0 fully saturated rings. The van der Waals surface area contributed by atoms with E-state index in [9.17, 15) is 9.90 Å². The van der Waals surface area contributed by atoms with Crippen molar-refractivity contribution in [1.82, 2.24) is 0 Å². The molecule has 0 aromatic heterocycles. The van der Waals surface area contributed by atoms with Crippen LogP contribution in [0.5, 0.6) is 5.75 Å². The number of halogens is 2. The molecule has 2 aromatic carbocycles. The Kier molecular flexibility index (Phi) is 8.26. The van der Waals surface area contributed by atoms with E-state index < -0.39 is 5.91 Å². The van der Waals surface area contributed by atoms with Crippen molar-refractivity contribution in [3.05, 3.63) is 52.0 Å². The largest absolute Gasteiger partial charge is 0.507 e. The zero-order valence-corrected chi connectivity index (χ0v) is 17.2. The Balaban J connectivity index is 1.98. The molecular formula is C21H26Cl2N2O2. The maximum Gasteiger partial charge on any atom is 0.259 e. The highest BCUT2D eigenvalue weighted by atomic mass is 35.5. The van der Waals surface area contributed by atoms with E-state index in [0.29, 0.717) is 21.8 Å². The van der Waals surface area contributed by atoms with Crippen molar-refractivity contribution in [1.29, 1.82) is 0 Å². The Morgan fingerprint density at radius 1 is 1.11 bits per heavy atom. The van der Waals surface area contributed by atoms with Crippen molar-refractivity contribution in [2.24, 2.45) is 0 Å². The molecule has 0 spiro atoms. The van der Waals surface area contributed by atoms with Crippen LogP contribution >= 0.6 is 23.2 Å². The van der Waals surface area contributed by atoms with Gasteiger partial charge in [0.05, 0.1) is 16.3 Å². The molecule has 2 aromatic rings. The third-order valence-electron chi connectivity index (χ3n) is 4.32. The molecule has 1 atom stereocenters. The molecule has 146 valence electrons. The van der Waals surface area contributed by atoms with E-state index in [1.807, 2.05) is 6.07 Å². The summed E-state index contributed by atoms with van der Waals surface area (Å²) in [7, 11) is 0. The van der Waals surface area contributed by atoms with E-state index in [4.69, 9.17) is 23.2 Å². The average Bonchev–Trinajstić information content (AvgIpc) is 2.63. The van der Waals surface area contributed by atoms with Gasteiger partial charge in [-0.25, -0.2) is 0 Å². The number of amides is 1. The van der Waals surface area contributed by atoms with Gasteiger partial charge >= 0.3 is 0 Å². The molecule has 0 radical (unpaired) electrons. The zero-order valence-electron chi connectivity index (χ0n) is 15.7. The van der Waals surface area contributed by atoms with Crippen LogP contribution in [0.1, 0.15) is 56.3 Å². The summed E-state index contributed by atoms with van der Waals surface area (Å²) < 4.78 is 0. The second kappa shape index (κ2) is 10.4. The lowest BCUT2D eigenvalue weighted by molar-refractivity contribution is 0.102. The normalized spacial score (nSPS) is 11.9. The first kappa shape index (κ1) is 21.4. The van der Waals surface area contributed by atoms with Gasteiger partial charge in [-0.05, 0) is 49.7 Å². The van der Waals surface area contributed by atoms with E-state index in [0.717, 1.165) is 12.1 Å². The lowest BCUT2D eigenvalue weighted by Crippen LogP contribution is -2.15. The van der Waals surface area contributed by atoms with Gasteiger partial charge < -0.3 is 15.7 Å². The minimum Gasteiger partial charge on any atom is -0.507 e. The number of benzene rings is 2. The first-order valence-corrected chi connectivity index (χ1v) is 10.0. The quantitative estimate of drug-likeness (QED) is 0.403. The number of hydrogen-bond acceptors (Lipinski definition) is 3. The third kappa shape index (κ3) is 6.64. The van der Waals surface area contributed by atoms with E-state index in [-0.39, 0.29) is 11.3 Å². The van der Waals surface area contributed by atoms with Gasteiger partial charge in [-0.15, -0.1) is 0 Å². The van der Waals surface area contributed by atoms with Gasteiger partial charge in [0.2, 0.25) is 0 Å². The minimum atomic E-state index is -0.470. The summed E-state index contributed by atoms with van der Waals surface area (Å²) in [5.41, 5.74) is 1.48. The van der Waals surface area contributed by atoms with Crippen LogP contribution in [0.3, 0.4) is 0 Å². The van der Waals surface area contributed by atoms with Crippen LogP contribution in [0, 0.1) is 0 Å². The molecule has 2 rings (SSSR count). The fourth-order valence-electron chi connectivity index (χ4n) is 2.82. The Bertz CT molecular complexity index is 781. The molecular weight excluding hydrogens is 383 g/mol. The van der Waals surface area contributed by atoms with Crippen LogP contribution in [-0.2, 0) is 0 Å². The van der Waals surface area contributed by atoms with Crippen LogP contribution in [0.25, 0.3) is 0 Å². The number of phenols is 1. The molecule has 1 amide bonds. The van der Waals surface area contributed by atoms with E-state index in [2.05, 4.69) is 24.5 Å². The molecule has 0 aliphatic rings. The second-order valence-corrected chi connectivity index (χ2v) is 7.55. The molecule has 4 nitrogen and oxygen atoms in total. The highest BCUT2D eigenvalue weighted by molar-refractivity contribution is 6.34. The van der Waals surface area contributed by atoms with Crippen LogP contribution in [0.2, 0.25) is 10.0 Å². The van der Waals surface area contributed by atoms with E-state index in [1.165, 1.54) is 43.9 Å². The molecule has 3 N–H and O–H groups in total. The number of rotatable bonds is 9. The second-order valence-electron chi connectivity index (χ2n) is 6.70. The van der Waals surface area contributed by atoms with Crippen LogP contribution in [0.4, 0.5) is 11.4 Å². The molecule has 0 saturated carbocycles. The summed E-state index contributed by atoms with van der Waals surface area (Å²) >= 11 is 12.2. The maximum atomic E-state index is 12.4. The van der Waals surface area contributed by atoms with Crippen LogP contribution < -0.4 is 10.6 Å². The fourth-order valence-corrected chi connectivity index (χ4v) is 3.22. The summed E-state index contributed by atoms with van der Waals surface area (Å²) in [6.45, 7) is 4.36. The van der Waals surface area contributed by atoms with Crippen molar-refractivity contribution < 1.29 is 9.90 Å². The number of nitrogens with one attached hydrogen (secondary N) is 2. The van der Waals surface area contributed by atoms with Crippen molar-refractivity contribution in [2.45, 2.75) is 52.0 Å². The third-order valence-corrected chi connectivity index (χ3v) is 4.87. The van der Waals surface area contributed by atoms with Crippen molar-refractivity contribution >= 4 is 40.5 Å². The molecule has 0 heterocycles. The highest BCUT2D eigenvalue weighted by Gasteiger charge is 2.14. The number of hydrogen-bond donors (Lipinski definition) is 3. The summed E-state index contributed by atoms with van der Waals surface area (Å²) in [4.78, 5) is 12.4. The minimum absolute atomic E-state index is 0.0986.